The summed E-state index contributed by atoms with van der Waals surface area (Å²) >= 11 is 1.86. The van der Waals surface area contributed by atoms with Crippen LogP contribution in [-0.2, 0) is 6.42 Å². The van der Waals surface area contributed by atoms with Crippen LogP contribution >= 0.6 is 11.3 Å². The minimum atomic E-state index is 0.423. The van der Waals surface area contributed by atoms with E-state index in [1.54, 1.807) is 0 Å². The van der Waals surface area contributed by atoms with Crippen LogP contribution in [0.2, 0.25) is 0 Å². The number of likely N-dealkylation sites (tertiary alicyclic amines) is 1. The summed E-state index contributed by atoms with van der Waals surface area (Å²) < 4.78 is 0. The highest BCUT2D eigenvalue weighted by atomic mass is 32.1. The predicted molar refractivity (Wildman–Crippen MR) is 73.6 cm³/mol. The molecular formula is C13H23N3S. The van der Waals surface area contributed by atoms with Crippen molar-refractivity contribution in [2.45, 2.75) is 45.2 Å². The Bertz CT molecular complexity index is 350. The first-order valence-electron chi connectivity index (χ1n) is 6.60. The highest BCUT2D eigenvalue weighted by Crippen LogP contribution is 2.25. The predicted octanol–water partition coefficient (Wildman–Crippen LogP) is 2.45. The average Bonchev–Trinajstić information content (AvgIpc) is 2.97. The van der Waals surface area contributed by atoms with Gasteiger partial charge < -0.3 is 10.2 Å². The molecule has 1 N–H and O–H groups in total. The van der Waals surface area contributed by atoms with Gasteiger partial charge in [-0.25, -0.2) is 4.98 Å². The number of thiazole rings is 1. The average molecular weight is 253 g/mol. The number of likely N-dealkylation sites (N-methyl/N-ethyl adjacent to an activating group) is 1. The van der Waals surface area contributed by atoms with Crippen LogP contribution in [0.1, 0.15) is 42.6 Å². The first-order valence-corrected chi connectivity index (χ1v) is 7.42. The lowest BCUT2D eigenvalue weighted by Crippen LogP contribution is -2.30. The molecule has 0 bridgehead atoms. The first kappa shape index (κ1) is 13.0. The van der Waals surface area contributed by atoms with Gasteiger partial charge in [-0.05, 0) is 39.9 Å². The van der Waals surface area contributed by atoms with E-state index in [-0.39, 0.29) is 0 Å². The van der Waals surface area contributed by atoms with Gasteiger partial charge in [-0.15, -0.1) is 11.3 Å². The lowest BCUT2D eigenvalue weighted by molar-refractivity contribution is 0.266. The van der Waals surface area contributed by atoms with Crippen molar-refractivity contribution in [2.75, 3.05) is 20.1 Å². The number of hydrogen-bond donors (Lipinski definition) is 1. The van der Waals surface area contributed by atoms with Gasteiger partial charge in [0.25, 0.3) is 0 Å². The maximum absolute atomic E-state index is 4.57. The highest BCUT2D eigenvalue weighted by Gasteiger charge is 2.24. The lowest BCUT2D eigenvalue weighted by Gasteiger charge is -2.21. The van der Waals surface area contributed by atoms with E-state index < -0.39 is 0 Å². The van der Waals surface area contributed by atoms with E-state index in [9.17, 15) is 0 Å². The molecule has 17 heavy (non-hydrogen) atoms. The number of rotatable bonds is 5. The Morgan fingerprint density at radius 3 is 3.18 bits per heavy atom. The molecule has 96 valence electrons. The van der Waals surface area contributed by atoms with Crippen molar-refractivity contribution in [3.8, 4) is 0 Å². The van der Waals surface area contributed by atoms with E-state index in [0.29, 0.717) is 6.04 Å². The monoisotopic (exact) mass is 253 g/mol. The van der Waals surface area contributed by atoms with E-state index in [0.717, 1.165) is 12.5 Å². The molecule has 2 rings (SSSR count). The Labute approximate surface area is 108 Å². The van der Waals surface area contributed by atoms with E-state index in [1.165, 1.54) is 35.8 Å². The van der Waals surface area contributed by atoms with Gasteiger partial charge in [-0.2, -0.15) is 0 Å². The smallest absolute Gasteiger partial charge is 0.0943 e. The molecule has 2 heterocycles. The minimum Gasteiger partial charge on any atom is -0.312 e. The largest absolute Gasteiger partial charge is 0.312 e. The van der Waals surface area contributed by atoms with Crippen molar-refractivity contribution in [1.29, 1.82) is 0 Å². The van der Waals surface area contributed by atoms with Gasteiger partial charge in [0.15, 0.2) is 0 Å². The van der Waals surface area contributed by atoms with Crippen molar-refractivity contribution in [1.82, 2.24) is 15.2 Å². The standard InChI is InChI=1S/C13H23N3S/c1-4-16-7-5-6-11(16)8-13-15-9-12(17-13)10(2)14-3/h9-11,14H,4-8H2,1-3H3. The highest BCUT2D eigenvalue weighted by molar-refractivity contribution is 7.11. The third-order valence-electron chi connectivity index (χ3n) is 3.75. The van der Waals surface area contributed by atoms with Crippen LogP contribution in [0.5, 0.6) is 0 Å². The van der Waals surface area contributed by atoms with Gasteiger partial charge in [-0.3, -0.25) is 0 Å². The fourth-order valence-electron chi connectivity index (χ4n) is 2.51. The Balaban J connectivity index is 1.96. The van der Waals surface area contributed by atoms with Gasteiger partial charge in [0.2, 0.25) is 0 Å². The van der Waals surface area contributed by atoms with Crippen LogP contribution in [0, 0.1) is 0 Å². The van der Waals surface area contributed by atoms with Crippen molar-refractivity contribution < 1.29 is 0 Å². The van der Waals surface area contributed by atoms with E-state index in [1.807, 2.05) is 24.6 Å². The molecule has 2 atom stereocenters. The summed E-state index contributed by atoms with van der Waals surface area (Å²) in [5.41, 5.74) is 0. The van der Waals surface area contributed by atoms with Crippen LogP contribution in [0.4, 0.5) is 0 Å². The number of nitrogens with zero attached hydrogens (tertiary/aromatic N) is 2. The lowest BCUT2D eigenvalue weighted by atomic mass is 10.1. The maximum atomic E-state index is 4.57. The zero-order valence-electron chi connectivity index (χ0n) is 11.1. The Kier molecular flexibility index (Phi) is 4.54. The zero-order chi connectivity index (χ0) is 12.3. The second-order valence-corrected chi connectivity index (χ2v) is 5.94. The van der Waals surface area contributed by atoms with Gasteiger partial charge in [0.05, 0.1) is 5.01 Å². The molecule has 1 aliphatic rings. The number of aromatic nitrogens is 1. The quantitative estimate of drug-likeness (QED) is 0.873. The molecule has 0 aliphatic carbocycles. The van der Waals surface area contributed by atoms with Crippen molar-refractivity contribution in [3.05, 3.63) is 16.1 Å². The molecule has 1 aromatic heterocycles. The minimum absolute atomic E-state index is 0.423. The third kappa shape index (κ3) is 3.06. The molecule has 0 spiro atoms. The molecule has 1 aromatic rings. The molecule has 1 fully saturated rings. The second-order valence-electron chi connectivity index (χ2n) is 4.80. The fraction of sp³-hybridized carbons (Fsp3) is 0.769. The van der Waals surface area contributed by atoms with E-state index in [4.69, 9.17) is 0 Å². The first-order chi connectivity index (χ1) is 8.24. The van der Waals surface area contributed by atoms with Crippen molar-refractivity contribution >= 4 is 11.3 Å². The Morgan fingerprint density at radius 2 is 2.47 bits per heavy atom. The molecule has 1 aliphatic heterocycles. The van der Waals surface area contributed by atoms with Gasteiger partial charge in [-0.1, -0.05) is 6.92 Å². The summed E-state index contributed by atoms with van der Waals surface area (Å²) in [6.07, 6.45) is 5.86. The molecule has 0 radical (unpaired) electrons. The second kappa shape index (κ2) is 5.94. The van der Waals surface area contributed by atoms with Gasteiger partial charge in [0, 0.05) is 29.6 Å². The van der Waals surface area contributed by atoms with E-state index >= 15 is 0 Å². The normalized spacial score (nSPS) is 23.1. The molecule has 1 saturated heterocycles. The van der Waals surface area contributed by atoms with Gasteiger partial charge >= 0.3 is 0 Å². The van der Waals surface area contributed by atoms with E-state index in [2.05, 4.69) is 29.0 Å². The van der Waals surface area contributed by atoms with Crippen molar-refractivity contribution in [3.63, 3.8) is 0 Å². The van der Waals surface area contributed by atoms with Crippen LogP contribution in [0.3, 0.4) is 0 Å². The summed E-state index contributed by atoms with van der Waals surface area (Å²) in [7, 11) is 2.00. The Hall–Kier alpha value is -0.450. The maximum Gasteiger partial charge on any atom is 0.0943 e. The summed E-state index contributed by atoms with van der Waals surface area (Å²) in [6, 6.07) is 1.15. The number of hydrogen-bond acceptors (Lipinski definition) is 4. The molecule has 3 nitrogen and oxygen atoms in total. The van der Waals surface area contributed by atoms with Crippen LogP contribution in [0.15, 0.2) is 6.20 Å². The topological polar surface area (TPSA) is 28.2 Å². The summed E-state index contributed by atoms with van der Waals surface area (Å²) in [6.45, 7) is 6.89. The number of nitrogens with one attached hydrogen (secondary N) is 1. The third-order valence-corrected chi connectivity index (χ3v) is 4.95. The Morgan fingerprint density at radius 1 is 1.65 bits per heavy atom. The summed E-state index contributed by atoms with van der Waals surface area (Å²) in [5, 5.41) is 4.57. The fourth-order valence-corrected chi connectivity index (χ4v) is 3.56. The van der Waals surface area contributed by atoms with Gasteiger partial charge in [0.1, 0.15) is 0 Å². The van der Waals surface area contributed by atoms with Crippen LogP contribution in [0.25, 0.3) is 0 Å². The zero-order valence-corrected chi connectivity index (χ0v) is 11.9. The summed E-state index contributed by atoms with van der Waals surface area (Å²) in [5.74, 6) is 0. The molecule has 0 aromatic carbocycles. The summed E-state index contributed by atoms with van der Waals surface area (Å²) in [4.78, 5) is 8.51. The molecule has 2 unspecified atom stereocenters. The molecule has 0 saturated carbocycles. The van der Waals surface area contributed by atoms with Crippen LogP contribution in [-0.4, -0.2) is 36.1 Å². The molecular weight excluding hydrogens is 230 g/mol. The molecule has 0 amide bonds. The molecule has 4 heteroatoms. The van der Waals surface area contributed by atoms with Crippen LogP contribution < -0.4 is 5.32 Å². The van der Waals surface area contributed by atoms with Crippen molar-refractivity contribution in [2.24, 2.45) is 0 Å². The SMILES string of the molecule is CCN1CCCC1Cc1ncc(C(C)NC)s1.